The molecule has 6 nitrogen and oxygen atoms in total. The fourth-order valence-electron chi connectivity index (χ4n) is 6.91. The van der Waals surface area contributed by atoms with E-state index in [-0.39, 0.29) is 24.0 Å². The lowest BCUT2D eigenvalue weighted by Gasteiger charge is -2.45. The van der Waals surface area contributed by atoms with Gasteiger partial charge in [-0.1, -0.05) is 44.2 Å². The van der Waals surface area contributed by atoms with Crippen LogP contribution in [0, 0.1) is 0 Å². The van der Waals surface area contributed by atoms with Crippen molar-refractivity contribution in [3.05, 3.63) is 40.3 Å². The number of aromatic nitrogens is 2. The molecule has 34 heavy (non-hydrogen) atoms. The standard InChI is InChI=1S/C28H39N3O3/c1-2-34-27(32)17-16-25-28(33)31(26-13-9-8-12-24(26)29-25)23-18-21-14-15-22(19-23)30(21)20-10-6-4-3-5-7-11-20/h8-9,12-13,20-23H,2-7,10-11,14-19H2,1H3/t21-,22+,23?. The Balaban J connectivity index is 1.41. The van der Waals surface area contributed by atoms with Crippen molar-refractivity contribution in [1.82, 2.24) is 14.5 Å². The number of ether oxygens (including phenoxy) is 1. The van der Waals surface area contributed by atoms with Crippen molar-refractivity contribution in [2.75, 3.05) is 6.61 Å². The molecule has 1 aromatic heterocycles. The largest absolute Gasteiger partial charge is 0.466 e. The van der Waals surface area contributed by atoms with Gasteiger partial charge in [0.25, 0.3) is 5.56 Å². The molecule has 3 aliphatic rings. The molecule has 2 saturated heterocycles. The van der Waals surface area contributed by atoms with Crippen LogP contribution in [0.15, 0.2) is 29.1 Å². The zero-order valence-electron chi connectivity index (χ0n) is 20.6. The smallest absolute Gasteiger partial charge is 0.306 e. The normalized spacial score (nSPS) is 26.3. The van der Waals surface area contributed by atoms with Crippen molar-refractivity contribution in [2.45, 2.75) is 115 Å². The van der Waals surface area contributed by atoms with E-state index in [1.807, 2.05) is 28.8 Å². The molecule has 5 rings (SSSR count). The first-order chi connectivity index (χ1) is 16.7. The monoisotopic (exact) mass is 465 g/mol. The number of carbonyl (C=O) groups is 1. The summed E-state index contributed by atoms with van der Waals surface area (Å²) in [5, 5.41) is 0. The van der Waals surface area contributed by atoms with Crippen molar-refractivity contribution in [3.63, 3.8) is 0 Å². The van der Waals surface area contributed by atoms with Crippen LogP contribution in [0.25, 0.3) is 11.0 Å². The maximum Gasteiger partial charge on any atom is 0.306 e. The lowest BCUT2D eigenvalue weighted by molar-refractivity contribution is -0.143. The molecule has 2 aliphatic heterocycles. The Morgan fingerprint density at radius 2 is 1.62 bits per heavy atom. The van der Waals surface area contributed by atoms with E-state index in [1.54, 1.807) is 6.92 Å². The van der Waals surface area contributed by atoms with E-state index < -0.39 is 0 Å². The summed E-state index contributed by atoms with van der Waals surface area (Å²) in [7, 11) is 0. The second kappa shape index (κ2) is 10.6. The van der Waals surface area contributed by atoms with Gasteiger partial charge in [0, 0.05) is 30.6 Å². The zero-order valence-corrected chi connectivity index (χ0v) is 20.6. The van der Waals surface area contributed by atoms with Crippen molar-refractivity contribution in [3.8, 4) is 0 Å². The van der Waals surface area contributed by atoms with E-state index in [2.05, 4.69) is 9.88 Å². The number of benzene rings is 1. The van der Waals surface area contributed by atoms with Gasteiger partial charge in [-0.3, -0.25) is 14.5 Å². The number of carbonyl (C=O) groups excluding carboxylic acids is 1. The first kappa shape index (κ1) is 23.5. The molecule has 0 radical (unpaired) electrons. The Bertz CT molecular complexity index is 1040. The molecule has 3 fully saturated rings. The number of hydrogen-bond donors (Lipinski definition) is 0. The molecule has 184 valence electrons. The summed E-state index contributed by atoms with van der Waals surface area (Å²) in [6.45, 7) is 2.16. The molecule has 0 amide bonds. The highest BCUT2D eigenvalue weighted by molar-refractivity contribution is 5.75. The Morgan fingerprint density at radius 3 is 2.32 bits per heavy atom. The van der Waals surface area contributed by atoms with Crippen LogP contribution in [-0.4, -0.2) is 45.2 Å². The van der Waals surface area contributed by atoms with Crippen LogP contribution in [0.5, 0.6) is 0 Å². The van der Waals surface area contributed by atoms with Crippen LogP contribution >= 0.6 is 0 Å². The molecular weight excluding hydrogens is 426 g/mol. The number of piperidine rings is 1. The highest BCUT2D eigenvalue weighted by atomic mass is 16.5. The average Bonchev–Trinajstić information content (AvgIpc) is 3.07. The van der Waals surface area contributed by atoms with E-state index in [0.29, 0.717) is 30.8 Å². The minimum atomic E-state index is -0.269. The van der Waals surface area contributed by atoms with Crippen LogP contribution in [0.2, 0.25) is 0 Å². The van der Waals surface area contributed by atoms with Crippen molar-refractivity contribution in [2.24, 2.45) is 0 Å². The average molecular weight is 466 g/mol. The molecular formula is C28H39N3O3. The summed E-state index contributed by atoms with van der Waals surface area (Å²) in [6.07, 6.45) is 14.7. The van der Waals surface area contributed by atoms with E-state index in [9.17, 15) is 9.59 Å². The molecule has 1 saturated carbocycles. The predicted octanol–water partition coefficient (Wildman–Crippen LogP) is 5.17. The van der Waals surface area contributed by atoms with Gasteiger partial charge in [0.15, 0.2) is 0 Å². The third-order valence-corrected chi connectivity index (χ3v) is 8.36. The molecule has 3 atom stereocenters. The Kier molecular flexibility index (Phi) is 7.33. The van der Waals surface area contributed by atoms with Crippen LogP contribution in [0.3, 0.4) is 0 Å². The molecule has 1 aromatic carbocycles. The predicted molar refractivity (Wildman–Crippen MR) is 134 cm³/mol. The Morgan fingerprint density at radius 1 is 0.941 bits per heavy atom. The lowest BCUT2D eigenvalue weighted by atomic mass is 9.89. The SMILES string of the molecule is CCOC(=O)CCc1nc2ccccc2n(C2C[C@H]3CC[C@@H](C2)N3C2CCCCCCC2)c1=O. The molecule has 1 unspecified atom stereocenters. The fourth-order valence-corrected chi connectivity index (χ4v) is 6.91. The molecule has 1 aliphatic carbocycles. The highest BCUT2D eigenvalue weighted by Crippen LogP contribution is 2.44. The third-order valence-electron chi connectivity index (χ3n) is 8.36. The summed E-state index contributed by atoms with van der Waals surface area (Å²) in [4.78, 5) is 33.2. The summed E-state index contributed by atoms with van der Waals surface area (Å²) in [6, 6.07) is 10.1. The second-order valence-corrected chi connectivity index (χ2v) is 10.5. The van der Waals surface area contributed by atoms with Crippen LogP contribution in [0.1, 0.15) is 95.7 Å². The maximum absolute atomic E-state index is 13.7. The van der Waals surface area contributed by atoms with E-state index in [1.165, 1.54) is 57.8 Å². The van der Waals surface area contributed by atoms with Crippen molar-refractivity contribution >= 4 is 17.0 Å². The fraction of sp³-hybridized carbons (Fsp3) is 0.679. The van der Waals surface area contributed by atoms with Gasteiger partial charge in [-0.25, -0.2) is 4.98 Å². The van der Waals surface area contributed by atoms with Gasteiger partial charge >= 0.3 is 5.97 Å². The van der Waals surface area contributed by atoms with Crippen LogP contribution < -0.4 is 5.56 Å². The van der Waals surface area contributed by atoms with Gasteiger partial charge in [0.2, 0.25) is 0 Å². The van der Waals surface area contributed by atoms with Crippen LogP contribution in [-0.2, 0) is 16.0 Å². The van der Waals surface area contributed by atoms with E-state index in [0.717, 1.165) is 29.9 Å². The molecule has 3 heterocycles. The van der Waals surface area contributed by atoms with Crippen molar-refractivity contribution < 1.29 is 9.53 Å². The van der Waals surface area contributed by atoms with Crippen molar-refractivity contribution in [1.29, 1.82) is 0 Å². The molecule has 2 aromatic rings. The summed E-state index contributed by atoms with van der Waals surface area (Å²) >= 11 is 0. The van der Waals surface area contributed by atoms with Gasteiger partial charge in [-0.15, -0.1) is 0 Å². The third kappa shape index (κ3) is 4.79. The number of rotatable bonds is 6. The quantitative estimate of drug-likeness (QED) is 0.551. The zero-order chi connectivity index (χ0) is 23.5. The Labute approximate surface area is 202 Å². The van der Waals surface area contributed by atoms with Gasteiger partial charge in [-0.05, 0) is 57.6 Å². The first-order valence-corrected chi connectivity index (χ1v) is 13.6. The summed E-state index contributed by atoms with van der Waals surface area (Å²) in [5.74, 6) is -0.269. The first-order valence-electron chi connectivity index (χ1n) is 13.6. The number of para-hydroxylation sites is 2. The molecule has 0 spiro atoms. The van der Waals surface area contributed by atoms with Gasteiger partial charge in [0.05, 0.1) is 24.1 Å². The van der Waals surface area contributed by atoms with Gasteiger partial charge in [-0.2, -0.15) is 0 Å². The number of hydrogen-bond acceptors (Lipinski definition) is 5. The number of fused-ring (bicyclic) bond motifs is 3. The minimum absolute atomic E-state index is 0.0215. The minimum Gasteiger partial charge on any atom is -0.466 e. The molecule has 2 bridgehead atoms. The second-order valence-electron chi connectivity index (χ2n) is 10.5. The number of esters is 1. The summed E-state index contributed by atoms with van der Waals surface area (Å²) in [5.41, 5.74) is 2.24. The van der Waals surface area contributed by atoms with Gasteiger partial charge < -0.3 is 9.30 Å². The molecule has 6 heteroatoms. The van der Waals surface area contributed by atoms with E-state index >= 15 is 0 Å². The number of aryl methyl sites for hydroxylation is 1. The summed E-state index contributed by atoms with van der Waals surface area (Å²) < 4.78 is 7.11. The Hall–Kier alpha value is -2.21. The van der Waals surface area contributed by atoms with Gasteiger partial charge in [0.1, 0.15) is 5.69 Å². The number of nitrogens with zero attached hydrogens (tertiary/aromatic N) is 3. The molecule has 0 N–H and O–H groups in total. The lowest BCUT2D eigenvalue weighted by Crippen LogP contribution is -2.50. The maximum atomic E-state index is 13.7. The van der Waals surface area contributed by atoms with E-state index in [4.69, 9.17) is 4.74 Å². The highest BCUT2D eigenvalue weighted by Gasteiger charge is 2.44. The van der Waals surface area contributed by atoms with Crippen LogP contribution in [0.4, 0.5) is 0 Å². The topological polar surface area (TPSA) is 64.4 Å².